The summed E-state index contributed by atoms with van der Waals surface area (Å²) in [5.74, 6) is 1.22. The largest absolute Gasteiger partial charge is 0.390 e. The molecule has 2 aliphatic rings. The highest BCUT2D eigenvalue weighted by Gasteiger charge is 2.56. The average molecular weight is 224 g/mol. The van der Waals surface area contributed by atoms with E-state index in [0.717, 1.165) is 12.3 Å². The zero-order valence-corrected chi connectivity index (χ0v) is 11.6. The van der Waals surface area contributed by atoms with Gasteiger partial charge < -0.3 is 5.11 Å². The highest BCUT2D eigenvalue weighted by molar-refractivity contribution is 5.05. The number of rotatable bonds is 0. The van der Waals surface area contributed by atoms with E-state index in [1.807, 2.05) is 6.92 Å². The molecule has 0 aliphatic heterocycles. The molecule has 0 aromatic carbocycles. The van der Waals surface area contributed by atoms with Crippen molar-refractivity contribution in [3.8, 4) is 0 Å². The highest BCUT2D eigenvalue weighted by Crippen LogP contribution is 2.61. The Hall–Kier alpha value is -0.0400. The smallest absolute Gasteiger partial charge is 0.0650 e. The van der Waals surface area contributed by atoms with Crippen molar-refractivity contribution in [3.05, 3.63) is 0 Å². The quantitative estimate of drug-likeness (QED) is 0.659. The van der Waals surface area contributed by atoms with Crippen LogP contribution in [-0.4, -0.2) is 10.7 Å². The van der Waals surface area contributed by atoms with Crippen LogP contribution < -0.4 is 0 Å². The van der Waals surface area contributed by atoms with Crippen LogP contribution in [0.1, 0.15) is 66.7 Å². The molecule has 0 heterocycles. The van der Waals surface area contributed by atoms with Gasteiger partial charge in [-0.15, -0.1) is 0 Å². The number of fused-ring (bicyclic) bond motifs is 1. The highest BCUT2D eigenvalue weighted by atomic mass is 16.3. The first-order valence-electron chi connectivity index (χ1n) is 6.92. The Bertz CT molecular complexity index is 279. The molecule has 94 valence electrons. The van der Waals surface area contributed by atoms with Crippen LogP contribution in [0.3, 0.4) is 0 Å². The molecule has 0 bridgehead atoms. The van der Waals surface area contributed by atoms with Gasteiger partial charge in [0.05, 0.1) is 5.60 Å². The predicted molar refractivity (Wildman–Crippen MR) is 68.3 cm³/mol. The van der Waals surface area contributed by atoms with E-state index in [-0.39, 0.29) is 0 Å². The SMILES string of the molecule is C[C@@H]1[C@@]2(C)CCCC(C)(C)[C@@H]2CC[C@@]1(C)O. The Morgan fingerprint density at radius 3 is 2.25 bits per heavy atom. The van der Waals surface area contributed by atoms with Crippen molar-refractivity contribution < 1.29 is 5.11 Å². The summed E-state index contributed by atoms with van der Waals surface area (Å²) in [6.07, 6.45) is 6.19. The molecule has 1 N–H and O–H groups in total. The summed E-state index contributed by atoms with van der Waals surface area (Å²) in [5.41, 5.74) is 0.375. The monoisotopic (exact) mass is 224 g/mol. The molecule has 0 amide bonds. The minimum atomic E-state index is -0.446. The molecule has 0 aromatic rings. The van der Waals surface area contributed by atoms with Crippen LogP contribution in [0.4, 0.5) is 0 Å². The lowest BCUT2D eigenvalue weighted by molar-refractivity contribution is -0.160. The minimum absolute atomic E-state index is 0.351. The molecule has 0 spiro atoms. The van der Waals surface area contributed by atoms with Crippen molar-refractivity contribution >= 4 is 0 Å². The molecule has 0 aromatic heterocycles. The summed E-state index contributed by atoms with van der Waals surface area (Å²) in [5, 5.41) is 10.5. The fraction of sp³-hybridized carbons (Fsp3) is 1.00. The van der Waals surface area contributed by atoms with Gasteiger partial charge in [0.25, 0.3) is 0 Å². The zero-order valence-electron chi connectivity index (χ0n) is 11.6. The second-order valence-corrected chi connectivity index (χ2v) is 7.52. The van der Waals surface area contributed by atoms with E-state index in [2.05, 4.69) is 27.7 Å². The average Bonchev–Trinajstić information content (AvgIpc) is 2.12. The number of hydrogen-bond donors (Lipinski definition) is 1. The normalized spacial score (nSPS) is 52.1. The van der Waals surface area contributed by atoms with Gasteiger partial charge in [-0.2, -0.15) is 0 Å². The first kappa shape index (κ1) is 12.4. The Labute approximate surface area is 101 Å². The van der Waals surface area contributed by atoms with E-state index < -0.39 is 5.60 Å². The number of hydrogen-bond acceptors (Lipinski definition) is 1. The summed E-state index contributed by atoms with van der Waals surface area (Å²) in [7, 11) is 0. The molecule has 2 fully saturated rings. The van der Waals surface area contributed by atoms with Crippen molar-refractivity contribution in [2.24, 2.45) is 22.7 Å². The van der Waals surface area contributed by atoms with Crippen LogP contribution in [0.15, 0.2) is 0 Å². The Morgan fingerprint density at radius 1 is 1.00 bits per heavy atom. The third-order valence-electron chi connectivity index (χ3n) is 6.14. The second-order valence-electron chi connectivity index (χ2n) is 7.52. The van der Waals surface area contributed by atoms with Crippen molar-refractivity contribution in [3.63, 3.8) is 0 Å². The summed E-state index contributed by atoms with van der Waals surface area (Å²) in [6.45, 7) is 11.6. The van der Waals surface area contributed by atoms with Crippen LogP contribution in [-0.2, 0) is 0 Å². The molecule has 1 nitrogen and oxygen atoms in total. The summed E-state index contributed by atoms with van der Waals surface area (Å²) < 4.78 is 0. The summed E-state index contributed by atoms with van der Waals surface area (Å²) >= 11 is 0. The Kier molecular flexibility index (Phi) is 2.70. The first-order valence-corrected chi connectivity index (χ1v) is 6.92. The van der Waals surface area contributed by atoms with Crippen LogP contribution in [0, 0.1) is 22.7 Å². The minimum Gasteiger partial charge on any atom is -0.390 e. The van der Waals surface area contributed by atoms with E-state index >= 15 is 0 Å². The fourth-order valence-electron chi connectivity index (χ4n) is 4.77. The van der Waals surface area contributed by atoms with E-state index in [9.17, 15) is 5.11 Å². The Morgan fingerprint density at radius 2 is 1.62 bits per heavy atom. The van der Waals surface area contributed by atoms with Gasteiger partial charge in [0.15, 0.2) is 0 Å². The first-order chi connectivity index (χ1) is 7.20. The standard InChI is InChI=1S/C15H28O/c1-11-14(4)9-6-8-13(2,3)12(14)7-10-15(11,5)16/h11-12,16H,6-10H2,1-5H3/t11-,12+,14-,15-/m1/s1. The third kappa shape index (κ3) is 1.63. The van der Waals surface area contributed by atoms with Crippen molar-refractivity contribution in [2.75, 3.05) is 0 Å². The molecule has 16 heavy (non-hydrogen) atoms. The molecule has 2 aliphatic carbocycles. The number of aliphatic hydroxyl groups is 1. The van der Waals surface area contributed by atoms with E-state index in [1.165, 1.54) is 25.7 Å². The fourth-order valence-corrected chi connectivity index (χ4v) is 4.77. The molecular formula is C15H28O. The van der Waals surface area contributed by atoms with Crippen LogP contribution in [0.2, 0.25) is 0 Å². The van der Waals surface area contributed by atoms with Gasteiger partial charge in [-0.1, -0.05) is 34.1 Å². The maximum absolute atomic E-state index is 10.5. The second kappa shape index (κ2) is 3.48. The maximum atomic E-state index is 10.5. The van der Waals surface area contributed by atoms with Gasteiger partial charge >= 0.3 is 0 Å². The third-order valence-corrected chi connectivity index (χ3v) is 6.14. The van der Waals surface area contributed by atoms with Crippen molar-refractivity contribution in [1.29, 1.82) is 0 Å². The lowest BCUT2D eigenvalue weighted by Crippen LogP contribution is -2.56. The molecule has 0 radical (unpaired) electrons. The van der Waals surface area contributed by atoms with E-state index in [0.29, 0.717) is 16.7 Å². The molecule has 2 rings (SSSR count). The van der Waals surface area contributed by atoms with Gasteiger partial charge in [0.1, 0.15) is 0 Å². The molecule has 4 atom stereocenters. The summed E-state index contributed by atoms with van der Waals surface area (Å²) in [4.78, 5) is 0. The van der Waals surface area contributed by atoms with Crippen LogP contribution in [0.25, 0.3) is 0 Å². The topological polar surface area (TPSA) is 20.2 Å². The van der Waals surface area contributed by atoms with E-state index in [1.54, 1.807) is 0 Å². The van der Waals surface area contributed by atoms with Crippen molar-refractivity contribution in [1.82, 2.24) is 0 Å². The molecular weight excluding hydrogens is 196 g/mol. The van der Waals surface area contributed by atoms with Crippen LogP contribution >= 0.6 is 0 Å². The van der Waals surface area contributed by atoms with Crippen LogP contribution in [0.5, 0.6) is 0 Å². The lowest BCUT2D eigenvalue weighted by atomic mass is 9.46. The molecule has 0 unspecified atom stereocenters. The van der Waals surface area contributed by atoms with E-state index in [4.69, 9.17) is 0 Å². The molecule has 2 saturated carbocycles. The summed E-state index contributed by atoms with van der Waals surface area (Å²) in [6, 6.07) is 0. The van der Waals surface area contributed by atoms with Gasteiger partial charge in [-0.25, -0.2) is 0 Å². The molecule has 0 saturated heterocycles. The lowest BCUT2D eigenvalue weighted by Gasteiger charge is -2.60. The van der Waals surface area contributed by atoms with Gasteiger partial charge in [-0.05, 0) is 55.3 Å². The van der Waals surface area contributed by atoms with Gasteiger partial charge in [0, 0.05) is 0 Å². The predicted octanol–water partition coefficient (Wildman–Crippen LogP) is 4.00. The van der Waals surface area contributed by atoms with Gasteiger partial charge in [0.2, 0.25) is 0 Å². The zero-order chi connectivity index (χ0) is 12.2. The maximum Gasteiger partial charge on any atom is 0.0650 e. The Balaban J connectivity index is 2.34. The van der Waals surface area contributed by atoms with Gasteiger partial charge in [-0.3, -0.25) is 0 Å². The molecule has 1 heteroatoms. The van der Waals surface area contributed by atoms with Crippen molar-refractivity contribution in [2.45, 2.75) is 72.3 Å².